The van der Waals surface area contributed by atoms with E-state index in [1.54, 1.807) is 48.5 Å². The van der Waals surface area contributed by atoms with Gasteiger partial charge in [0.05, 0.1) is 20.8 Å². The Morgan fingerprint density at radius 3 is 1.97 bits per heavy atom. The van der Waals surface area contributed by atoms with Crippen molar-refractivity contribution < 1.29 is 52.5 Å². The fourth-order valence-corrected chi connectivity index (χ4v) is 3.82. The number of aliphatic hydroxyl groups excluding tert-OH is 1. The molecule has 2 aromatic rings. The van der Waals surface area contributed by atoms with E-state index in [0.29, 0.717) is 22.6 Å². The van der Waals surface area contributed by atoms with Crippen LogP contribution in [-0.4, -0.2) is 53.9 Å². The molecule has 0 radical (unpaired) electrons. The number of carbonyl (C=O) groups is 1. The molecule has 2 atom stereocenters. The van der Waals surface area contributed by atoms with Crippen LogP contribution >= 0.6 is 7.82 Å². The van der Waals surface area contributed by atoms with Crippen molar-refractivity contribution in [3.8, 4) is 11.5 Å². The lowest BCUT2D eigenvalue weighted by atomic mass is 10.1. The fourth-order valence-electron chi connectivity index (χ4n) is 3.29. The molecule has 2 aromatic carbocycles. The molecule has 12 heteroatoms. The molecule has 1 aliphatic heterocycles. The second-order valence-corrected chi connectivity index (χ2v) is 8.23. The Morgan fingerprint density at radius 1 is 0.941 bits per heavy atom. The van der Waals surface area contributed by atoms with Gasteiger partial charge in [-0.2, -0.15) is 0 Å². The molecule has 11 nitrogen and oxygen atoms in total. The van der Waals surface area contributed by atoms with Crippen LogP contribution in [0.4, 0.5) is 0 Å². The van der Waals surface area contributed by atoms with Crippen molar-refractivity contribution in [3.63, 3.8) is 0 Å². The molecule has 0 fully saturated rings. The molecular weight excluding hydrogens is 471 g/mol. The maximum absolute atomic E-state index is 12.6. The van der Waals surface area contributed by atoms with Gasteiger partial charge in [-0.05, 0) is 12.1 Å². The number of hydrogen-bond donors (Lipinski definition) is 3. The SMILES string of the molecule is COc1ccccc1COC1=C(OCc2ccccc2OC)[C@@H]([C@H](CO)OP(=O)(O)O)OC1=O. The van der Waals surface area contributed by atoms with Crippen LogP contribution in [0, 0.1) is 0 Å². The molecule has 0 aromatic heterocycles. The van der Waals surface area contributed by atoms with Gasteiger partial charge in [0.1, 0.15) is 30.8 Å². The fraction of sp³-hybridized carbons (Fsp3) is 0.318. The number of phosphoric acid groups is 1. The first-order chi connectivity index (χ1) is 16.3. The molecule has 0 unspecified atom stereocenters. The molecule has 3 rings (SSSR count). The van der Waals surface area contributed by atoms with Crippen LogP contribution in [0.5, 0.6) is 11.5 Å². The van der Waals surface area contributed by atoms with Gasteiger partial charge < -0.3 is 38.6 Å². The Labute approximate surface area is 195 Å². The van der Waals surface area contributed by atoms with Crippen molar-refractivity contribution in [1.29, 1.82) is 0 Å². The molecule has 3 N–H and O–H groups in total. The third kappa shape index (κ3) is 6.28. The topological polar surface area (TPSA) is 150 Å². The molecule has 0 amide bonds. The molecule has 0 spiro atoms. The van der Waals surface area contributed by atoms with Gasteiger partial charge in [0, 0.05) is 11.1 Å². The summed E-state index contributed by atoms with van der Waals surface area (Å²) >= 11 is 0. The second-order valence-electron chi connectivity index (χ2n) is 7.04. The summed E-state index contributed by atoms with van der Waals surface area (Å²) in [6.07, 6.45) is -3.07. The zero-order valence-electron chi connectivity index (χ0n) is 18.4. The maximum atomic E-state index is 12.6. The van der Waals surface area contributed by atoms with E-state index in [9.17, 15) is 24.3 Å². The summed E-state index contributed by atoms with van der Waals surface area (Å²) in [5, 5.41) is 9.67. The van der Waals surface area contributed by atoms with Crippen molar-refractivity contribution in [2.24, 2.45) is 0 Å². The van der Waals surface area contributed by atoms with Crippen molar-refractivity contribution in [2.45, 2.75) is 25.4 Å². The van der Waals surface area contributed by atoms with Gasteiger partial charge in [0.25, 0.3) is 0 Å². The number of aliphatic hydroxyl groups is 1. The normalized spacial score (nSPS) is 16.7. The number of carbonyl (C=O) groups excluding carboxylic acids is 1. The molecular formula is C22H25O11P. The summed E-state index contributed by atoms with van der Waals surface area (Å²) in [6, 6.07) is 14.0. The molecule has 0 aliphatic carbocycles. The lowest BCUT2D eigenvalue weighted by Crippen LogP contribution is -2.34. The van der Waals surface area contributed by atoms with E-state index in [1.165, 1.54) is 14.2 Å². The largest absolute Gasteiger partial charge is 0.496 e. The number of para-hydroxylation sites is 2. The first-order valence-corrected chi connectivity index (χ1v) is 11.6. The average molecular weight is 496 g/mol. The van der Waals surface area contributed by atoms with Crippen LogP contribution in [0.3, 0.4) is 0 Å². The number of rotatable bonds is 12. The van der Waals surface area contributed by atoms with Gasteiger partial charge in [0.2, 0.25) is 5.76 Å². The van der Waals surface area contributed by atoms with Crippen LogP contribution in [0.15, 0.2) is 60.0 Å². The molecule has 1 aliphatic rings. The Kier molecular flexibility index (Phi) is 8.54. The van der Waals surface area contributed by atoms with E-state index in [2.05, 4.69) is 4.52 Å². The number of phosphoric ester groups is 1. The summed E-state index contributed by atoms with van der Waals surface area (Å²) in [4.78, 5) is 31.0. The van der Waals surface area contributed by atoms with Gasteiger partial charge in [-0.1, -0.05) is 36.4 Å². The number of cyclic esters (lactones) is 1. The first kappa shape index (κ1) is 25.5. The van der Waals surface area contributed by atoms with E-state index in [4.69, 9.17) is 23.7 Å². The number of methoxy groups -OCH3 is 2. The Bertz CT molecular complexity index is 1080. The maximum Gasteiger partial charge on any atom is 0.470 e. The predicted octanol–water partition coefficient (Wildman–Crippen LogP) is 2.04. The molecule has 34 heavy (non-hydrogen) atoms. The third-order valence-electron chi connectivity index (χ3n) is 4.83. The zero-order chi connectivity index (χ0) is 24.7. The lowest BCUT2D eigenvalue weighted by Gasteiger charge is -2.23. The molecule has 0 bridgehead atoms. The highest BCUT2D eigenvalue weighted by Crippen LogP contribution is 2.41. The molecule has 0 saturated heterocycles. The van der Waals surface area contributed by atoms with Gasteiger partial charge >= 0.3 is 13.8 Å². The van der Waals surface area contributed by atoms with E-state index < -0.39 is 32.6 Å². The number of ether oxygens (including phenoxy) is 5. The Hall–Kier alpha value is -3.08. The summed E-state index contributed by atoms with van der Waals surface area (Å²) in [5.74, 6) is -0.397. The minimum absolute atomic E-state index is 0.0914. The predicted molar refractivity (Wildman–Crippen MR) is 116 cm³/mol. The summed E-state index contributed by atoms with van der Waals surface area (Å²) < 4.78 is 43.3. The summed E-state index contributed by atoms with van der Waals surface area (Å²) in [6.45, 7) is -1.06. The van der Waals surface area contributed by atoms with Crippen LogP contribution in [0.1, 0.15) is 11.1 Å². The van der Waals surface area contributed by atoms with Crippen molar-refractivity contribution >= 4 is 13.8 Å². The Balaban J connectivity index is 1.92. The van der Waals surface area contributed by atoms with Crippen molar-refractivity contribution in [2.75, 3.05) is 20.8 Å². The molecule has 184 valence electrons. The van der Waals surface area contributed by atoms with Crippen LogP contribution in [-0.2, 0) is 41.3 Å². The first-order valence-electron chi connectivity index (χ1n) is 10.1. The monoisotopic (exact) mass is 496 g/mol. The van der Waals surface area contributed by atoms with Crippen LogP contribution in [0.2, 0.25) is 0 Å². The molecule has 0 saturated carbocycles. The smallest absolute Gasteiger partial charge is 0.470 e. The highest BCUT2D eigenvalue weighted by molar-refractivity contribution is 7.46. The van der Waals surface area contributed by atoms with E-state index in [-0.39, 0.29) is 24.7 Å². The minimum Gasteiger partial charge on any atom is -0.496 e. The second kappa shape index (κ2) is 11.4. The van der Waals surface area contributed by atoms with Crippen molar-refractivity contribution in [1.82, 2.24) is 0 Å². The minimum atomic E-state index is -5.03. The van der Waals surface area contributed by atoms with E-state index >= 15 is 0 Å². The average Bonchev–Trinajstić information content (AvgIpc) is 3.14. The highest BCUT2D eigenvalue weighted by atomic mass is 31.2. The summed E-state index contributed by atoms with van der Waals surface area (Å²) in [7, 11) is -2.05. The number of esters is 1. The summed E-state index contributed by atoms with van der Waals surface area (Å²) in [5.41, 5.74) is 1.25. The van der Waals surface area contributed by atoms with Crippen LogP contribution < -0.4 is 9.47 Å². The third-order valence-corrected chi connectivity index (χ3v) is 5.38. The highest BCUT2D eigenvalue weighted by Gasteiger charge is 2.45. The standard InChI is InChI=1S/C22H25O11P/c1-28-16-9-5-3-7-14(16)12-30-20-19(18(11-23)33-34(25,26)27)32-22(24)21(20)31-13-15-8-4-6-10-17(15)29-2/h3-10,18-19,23H,11-13H2,1-2H3,(H2,25,26,27)/t18-,19+/m0/s1. The van der Waals surface area contributed by atoms with Gasteiger partial charge in [0.15, 0.2) is 11.9 Å². The van der Waals surface area contributed by atoms with Crippen molar-refractivity contribution in [3.05, 3.63) is 71.2 Å². The van der Waals surface area contributed by atoms with Gasteiger partial charge in [-0.15, -0.1) is 0 Å². The zero-order valence-corrected chi connectivity index (χ0v) is 19.3. The van der Waals surface area contributed by atoms with E-state index in [1.807, 2.05) is 0 Å². The van der Waals surface area contributed by atoms with Gasteiger partial charge in [-0.25, -0.2) is 9.36 Å². The number of benzene rings is 2. The van der Waals surface area contributed by atoms with Crippen LogP contribution in [0.25, 0.3) is 0 Å². The Morgan fingerprint density at radius 2 is 1.47 bits per heavy atom. The quantitative estimate of drug-likeness (QED) is 0.293. The lowest BCUT2D eigenvalue weighted by molar-refractivity contribution is -0.148. The van der Waals surface area contributed by atoms with E-state index in [0.717, 1.165) is 0 Å². The molecule has 1 heterocycles. The number of hydrogen-bond acceptors (Lipinski definition) is 9. The van der Waals surface area contributed by atoms with Gasteiger partial charge in [-0.3, -0.25) is 4.52 Å².